The van der Waals surface area contributed by atoms with Gasteiger partial charge in [0.25, 0.3) is 5.91 Å². The summed E-state index contributed by atoms with van der Waals surface area (Å²) >= 11 is 15.1. The molecule has 218 valence electrons. The van der Waals surface area contributed by atoms with Gasteiger partial charge in [-0.05, 0) is 60.2 Å². The number of benzene rings is 4. The van der Waals surface area contributed by atoms with Crippen molar-refractivity contribution in [2.75, 3.05) is 24.9 Å². The standard InChI is InChI=1S/C32H25Cl2N3O4S2/c1-40-26-9-6-10-27(41-2)28(26)30(38)35-21-12-14-22(15-13-21)43-29(19-7-4-3-5-8-19)31(39)37-32-36-25(18-42-32)23-16-11-20(33)17-24(23)34/h3-18,29H,1-2H3,(H,35,38)(H,36,37,39). The SMILES string of the molecule is COc1cccc(OC)c1C(=O)Nc1ccc(SC(C(=O)Nc2nc(-c3ccc(Cl)cc3Cl)cs2)c2ccccc2)cc1. The number of halogens is 2. The van der Waals surface area contributed by atoms with Crippen LogP contribution in [0.4, 0.5) is 10.8 Å². The van der Waals surface area contributed by atoms with Gasteiger partial charge in [0, 0.05) is 26.5 Å². The molecule has 5 rings (SSSR count). The number of methoxy groups -OCH3 is 2. The number of nitrogens with one attached hydrogen (secondary N) is 2. The molecule has 1 heterocycles. The lowest BCUT2D eigenvalue weighted by Crippen LogP contribution is -2.19. The molecule has 0 fully saturated rings. The third-order valence-corrected chi connectivity index (χ3v) is 8.87. The zero-order valence-corrected chi connectivity index (χ0v) is 26.1. The number of anilines is 2. The average molecular weight is 651 g/mol. The first-order valence-electron chi connectivity index (χ1n) is 12.9. The topological polar surface area (TPSA) is 89.5 Å². The Balaban J connectivity index is 1.31. The normalized spacial score (nSPS) is 11.4. The highest BCUT2D eigenvalue weighted by atomic mass is 35.5. The van der Waals surface area contributed by atoms with Gasteiger partial charge in [-0.25, -0.2) is 4.98 Å². The third-order valence-electron chi connectivity index (χ3n) is 6.30. The van der Waals surface area contributed by atoms with Crippen LogP contribution in [0.2, 0.25) is 10.0 Å². The number of hydrogen-bond acceptors (Lipinski definition) is 7. The maximum atomic E-state index is 13.6. The second-order valence-corrected chi connectivity index (χ2v) is 12.0. The summed E-state index contributed by atoms with van der Waals surface area (Å²) < 4.78 is 10.7. The van der Waals surface area contributed by atoms with Crippen molar-refractivity contribution in [1.82, 2.24) is 4.98 Å². The maximum Gasteiger partial charge on any atom is 0.263 e. The number of thiazole rings is 1. The number of aromatic nitrogens is 1. The molecule has 43 heavy (non-hydrogen) atoms. The molecule has 11 heteroatoms. The summed E-state index contributed by atoms with van der Waals surface area (Å²) in [7, 11) is 3.00. The lowest BCUT2D eigenvalue weighted by atomic mass is 10.1. The molecule has 0 bridgehead atoms. The minimum atomic E-state index is -0.564. The highest BCUT2D eigenvalue weighted by Crippen LogP contribution is 2.38. The molecule has 4 aromatic carbocycles. The molecule has 0 saturated heterocycles. The van der Waals surface area contributed by atoms with Crippen LogP contribution in [0.3, 0.4) is 0 Å². The van der Waals surface area contributed by atoms with E-state index in [0.29, 0.717) is 43.6 Å². The molecule has 0 aliphatic rings. The van der Waals surface area contributed by atoms with E-state index in [-0.39, 0.29) is 11.8 Å². The number of carbonyl (C=O) groups excluding carboxylic acids is 2. The predicted octanol–water partition coefficient (Wildman–Crippen LogP) is 8.86. The monoisotopic (exact) mass is 649 g/mol. The molecule has 2 N–H and O–H groups in total. The number of ether oxygens (including phenoxy) is 2. The Morgan fingerprint density at radius 3 is 2.21 bits per heavy atom. The molecule has 0 aliphatic carbocycles. The Morgan fingerprint density at radius 2 is 1.56 bits per heavy atom. The van der Waals surface area contributed by atoms with Crippen molar-refractivity contribution in [3.8, 4) is 22.8 Å². The van der Waals surface area contributed by atoms with Crippen molar-refractivity contribution in [2.24, 2.45) is 0 Å². The number of hydrogen-bond donors (Lipinski definition) is 2. The van der Waals surface area contributed by atoms with Crippen LogP contribution in [0.25, 0.3) is 11.3 Å². The molecule has 0 radical (unpaired) electrons. The van der Waals surface area contributed by atoms with E-state index in [4.69, 9.17) is 32.7 Å². The second-order valence-electron chi connectivity index (χ2n) is 9.08. The van der Waals surface area contributed by atoms with E-state index in [0.717, 1.165) is 16.0 Å². The summed E-state index contributed by atoms with van der Waals surface area (Å²) in [5, 5.41) is 8.59. The Hall–Kier alpha value is -4.02. The number of carbonyl (C=O) groups is 2. The first-order chi connectivity index (χ1) is 20.9. The third kappa shape index (κ3) is 7.32. The van der Waals surface area contributed by atoms with Crippen molar-refractivity contribution in [1.29, 1.82) is 0 Å². The second kappa shape index (κ2) is 14.0. The summed E-state index contributed by atoms with van der Waals surface area (Å²) in [6.07, 6.45) is 0. The highest BCUT2D eigenvalue weighted by molar-refractivity contribution is 8.00. The van der Waals surface area contributed by atoms with Crippen LogP contribution < -0.4 is 20.1 Å². The summed E-state index contributed by atoms with van der Waals surface area (Å²) in [5.74, 6) is 0.229. The molecule has 1 aromatic heterocycles. The molecule has 7 nitrogen and oxygen atoms in total. The van der Waals surface area contributed by atoms with Gasteiger partial charge in [-0.2, -0.15) is 0 Å². The van der Waals surface area contributed by atoms with Crippen LogP contribution in [0.5, 0.6) is 11.5 Å². The minimum Gasteiger partial charge on any atom is -0.496 e. The zero-order chi connectivity index (χ0) is 30.3. The van der Waals surface area contributed by atoms with Crippen LogP contribution in [0, 0.1) is 0 Å². The van der Waals surface area contributed by atoms with Crippen molar-refractivity contribution >= 4 is 68.9 Å². The Morgan fingerprint density at radius 1 is 0.860 bits per heavy atom. The molecular formula is C32H25Cl2N3O4S2. The first-order valence-corrected chi connectivity index (χ1v) is 15.4. The lowest BCUT2D eigenvalue weighted by molar-refractivity contribution is -0.115. The summed E-state index contributed by atoms with van der Waals surface area (Å²) in [5.41, 5.74) is 3.10. The van der Waals surface area contributed by atoms with Crippen molar-refractivity contribution < 1.29 is 19.1 Å². The van der Waals surface area contributed by atoms with E-state index in [9.17, 15) is 9.59 Å². The van der Waals surface area contributed by atoms with Crippen LogP contribution in [0.15, 0.2) is 101 Å². The molecule has 1 unspecified atom stereocenters. The van der Waals surface area contributed by atoms with Gasteiger partial charge in [-0.3, -0.25) is 9.59 Å². The van der Waals surface area contributed by atoms with Crippen LogP contribution in [-0.2, 0) is 4.79 Å². The lowest BCUT2D eigenvalue weighted by Gasteiger charge is -2.17. The van der Waals surface area contributed by atoms with Gasteiger partial charge in [0.15, 0.2) is 5.13 Å². The average Bonchev–Trinajstić information content (AvgIpc) is 3.48. The Labute approximate surface area is 267 Å². The largest absolute Gasteiger partial charge is 0.496 e. The van der Waals surface area contributed by atoms with Gasteiger partial charge >= 0.3 is 0 Å². The first kappa shape index (κ1) is 30.4. The maximum absolute atomic E-state index is 13.6. The number of amides is 2. The van der Waals surface area contributed by atoms with Crippen molar-refractivity contribution in [2.45, 2.75) is 10.1 Å². The fourth-order valence-corrected chi connectivity index (χ4v) is 6.49. The summed E-state index contributed by atoms with van der Waals surface area (Å²) in [4.78, 5) is 32.1. The van der Waals surface area contributed by atoms with E-state index in [1.165, 1.54) is 37.3 Å². The zero-order valence-electron chi connectivity index (χ0n) is 23.0. The van der Waals surface area contributed by atoms with Gasteiger partial charge in [0.1, 0.15) is 22.3 Å². The Kier molecular flexibility index (Phi) is 9.89. The quantitative estimate of drug-likeness (QED) is 0.147. The van der Waals surface area contributed by atoms with Gasteiger partial charge in [-0.15, -0.1) is 23.1 Å². The molecule has 2 amide bonds. The molecule has 0 spiro atoms. The summed E-state index contributed by atoms with van der Waals surface area (Å²) in [6.45, 7) is 0. The predicted molar refractivity (Wildman–Crippen MR) is 175 cm³/mol. The molecule has 0 saturated carbocycles. The van der Waals surface area contributed by atoms with Crippen LogP contribution in [-0.4, -0.2) is 31.0 Å². The molecule has 5 aromatic rings. The van der Waals surface area contributed by atoms with E-state index < -0.39 is 5.25 Å². The van der Waals surface area contributed by atoms with Gasteiger partial charge in [0.05, 0.1) is 24.9 Å². The van der Waals surface area contributed by atoms with E-state index in [1.807, 2.05) is 47.8 Å². The fourth-order valence-electron chi connectivity index (χ4n) is 4.25. The van der Waals surface area contributed by atoms with Crippen LogP contribution >= 0.6 is 46.3 Å². The number of nitrogens with zero attached hydrogens (tertiary/aromatic N) is 1. The van der Waals surface area contributed by atoms with E-state index >= 15 is 0 Å². The summed E-state index contributed by atoms with van der Waals surface area (Å²) in [6, 6.07) is 27.1. The number of rotatable bonds is 10. The minimum absolute atomic E-state index is 0.222. The van der Waals surface area contributed by atoms with Crippen LogP contribution in [0.1, 0.15) is 21.2 Å². The van der Waals surface area contributed by atoms with Gasteiger partial charge in [-0.1, -0.05) is 59.6 Å². The smallest absolute Gasteiger partial charge is 0.263 e. The van der Waals surface area contributed by atoms with E-state index in [2.05, 4.69) is 15.6 Å². The molecule has 0 aliphatic heterocycles. The van der Waals surface area contributed by atoms with Gasteiger partial charge in [0.2, 0.25) is 5.91 Å². The molecular weight excluding hydrogens is 625 g/mol. The van der Waals surface area contributed by atoms with E-state index in [1.54, 1.807) is 48.5 Å². The highest BCUT2D eigenvalue weighted by Gasteiger charge is 2.24. The Bertz CT molecular complexity index is 1730. The van der Waals surface area contributed by atoms with Gasteiger partial charge < -0.3 is 20.1 Å². The number of thioether (sulfide) groups is 1. The fraction of sp³-hybridized carbons (Fsp3) is 0.0938. The molecule has 1 atom stereocenters. The van der Waals surface area contributed by atoms with Crippen molar-refractivity contribution in [3.63, 3.8) is 0 Å². The van der Waals surface area contributed by atoms with Crippen molar-refractivity contribution in [3.05, 3.63) is 118 Å².